The van der Waals surface area contributed by atoms with Crippen LogP contribution in [0, 0.1) is 5.92 Å². The fraction of sp³-hybridized carbons (Fsp3) is 0.625. The Bertz CT molecular complexity index is 453. The fourth-order valence-electron chi connectivity index (χ4n) is 3.48. The first-order valence-corrected chi connectivity index (χ1v) is 8.56. The number of aromatic hydroxyl groups is 1. The van der Waals surface area contributed by atoms with Crippen molar-refractivity contribution in [1.82, 2.24) is 10.2 Å². The molecule has 1 aromatic carbocycles. The molecule has 0 bridgehead atoms. The molecule has 0 radical (unpaired) electrons. The summed E-state index contributed by atoms with van der Waals surface area (Å²) >= 11 is 3.46. The molecule has 2 aliphatic heterocycles. The maximum atomic E-state index is 9.76. The Morgan fingerprint density at radius 2 is 1.95 bits per heavy atom. The van der Waals surface area contributed by atoms with Gasteiger partial charge < -0.3 is 15.2 Å². The van der Waals surface area contributed by atoms with Crippen LogP contribution in [0.1, 0.15) is 24.4 Å². The summed E-state index contributed by atoms with van der Waals surface area (Å²) in [6.45, 7) is 6.01. The van der Waals surface area contributed by atoms with E-state index in [9.17, 15) is 5.11 Å². The first-order valence-electron chi connectivity index (χ1n) is 7.76. The normalized spacial score (nSPS) is 23.1. The van der Waals surface area contributed by atoms with Crippen LogP contribution in [0.15, 0.2) is 22.7 Å². The van der Waals surface area contributed by atoms with E-state index in [4.69, 9.17) is 4.74 Å². The molecule has 116 valence electrons. The van der Waals surface area contributed by atoms with Crippen molar-refractivity contribution in [1.29, 1.82) is 0 Å². The Kier molecular flexibility index (Phi) is 5.16. The number of halogens is 1. The number of phenolic OH excluding ortho intramolecular Hbond substituents is 1. The third-order valence-electron chi connectivity index (χ3n) is 4.57. The molecule has 4 nitrogen and oxygen atoms in total. The molecule has 2 aliphatic rings. The SMILES string of the molecule is Oc1ccc([C@@H](C2CCOCC2)N2CCNCC2)cc1Br. The summed E-state index contributed by atoms with van der Waals surface area (Å²) in [5.74, 6) is 0.943. The van der Waals surface area contributed by atoms with Gasteiger partial charge in [0.05, 0.1) is 4.47 Å². The molecule has 2 fully saturated rings. The highest BCUT2D eigenvalue weighted by Crippen LogP contribution is 2.37. The molecule has 2 heterocycles. The van der Waals surface area contributed by atoms with Crippen LogP contribution in [-0.4, -0.2) is 49.4 Å². The Hall–Kier alpha value is -0.620. The van der Waals surface area contributed by atoms with Gasteiger partial charge in [-0.25, -0.2) is 0 Å². The van der Waals surface area contributed by atoms with Gasteiger partial charge in [0.15, 0.2) is 0 Å². The quantitative estimate of drug-likeness (QED) is 0.875. The van der Waals surface area contributed by atoms with Gasteiger partial charge in [-0.1, -0.05) is 6.07 Å². The molecular weight excluding hydrogens is 332 g/mol. The third kappa shape index (κ3) is 3.59. The maximum absolute atomic E-state index is 9.76. The molecular formula is C16H23BrN2O2. The third-order valence-corrected chi connectivity index (χ3v) is 5.21. The van der Waals surface area contributed by atoms with E-state index in [1.807, 2.05) is 0 Å². The van der Waals surface area contributed by atoms with Crippen molar-refractivity contribution in [2.45, 2.75) is 18.9 Å². The van der Waals surface area contributed by atoms with Gasteiger partial charge in [0.2, 0.25) is 0 Å². The number of piperazine rings is 1. The van der Waals surface area contributed by atoms with Crippen molar-refractivity contribution in [3.8, 4) is 5.75 Å². The number of hydrogen-bond acceptors (Lipinski definition) is 4. The van der Waals surface area contributed by atoms with Crippen LogP contribution in [0.2, 0.25) is 0 Å². The van der Waals surface area contributed by atoms with E-state index in [1.54, 1.807) is 6.07 Å². The minimum Gasteiger partial charge on any atom is -0.507 e. The van der Waals surface area contributed by atoms with Gasteiger partial charge in [0.1, 0.15) is 5.75 Å². The molecule has 0 spiro atoms. The fourth-order valence-corrected chi connectivity index (χ4v) is 3.88. The second-order valence-electron chi connectivity index (χ2n) is 5.89. The molecule has 0 aliphatic carbocycles. The minimum atomic E-state index is 0.310. The highest BCUT2D eigenvalue weighted by molar-refractivity contribution is 9.10. The van der Waals surface area contributed by atoms with E-state index in [0.29, 0.717) is 17.7 Å². The Morgan fingerprint density at radius 1 is 1.24 bits per heavy atom. The summed E-state index contributed by atoms with van der Waals surface area (Å²) < 4.78 is 6.32. The van der Waals surface area contributed by atoms with E-state index in [0.717, 1.165) is 56.7 Å². The molecule has 0 amide bonds. The lowest BCUT2D eigenvalue weighted by Gasteiger charge is -2.41. The van der Waals surface area contributed by atoms with Crippen LogP contribution in [0.3, 0.4) is 0 Å². The van der Waals surface area contributed by atoms with E-state index in [2.05, 4.69) is 38.3 Å². The molecule has 2 N–H and O–H groups in total. The number of nitrogens with zero attached hydrogens (tertiary/aromatic N) is 1. The van der Waals surface area contributed by atoms with Crippen molar-refractivity contribution in [3.05, 3.63) is 28.2 Å². The first kappa shape index (κ1) is 15.3. The number of ether oxygens (including phenoxy) is 1. The predicted molar refractivity (Wildman–Crippen MR) is 86.5 cm³/mol. The van der Waals surface area contributed by atoms with E-state index in [1.165, 1.54) is 5.56 Å². The predicted octanol–water partition coefficient (Wildman–Crippen LogP) is 2.53. The second-order valence-corrected chi connectivity index (χ2v) is 6.75. The lowest BCUT2D eigenvalue weighted by molar-refractivity contribution is 0.0213. The van der Waals surface area contributed by atoms with Crippen LogP contribution >= 0.6 is 15.9 Å². The molecule has 5 heteroatoms. The van der Waals surface area contributed by atoms with E-state index < -0.39 is 0 Å². The molecule has 0 aromatic heterocycles. The second kappa shape index (κ2) is 7.09. The van der Waals surface area contributed by atoms with Crippen LogP contribution < -0.4 is 5.32 Å². The molecule has 1 aromatic rings. The smallest absolute Gasteiger partial charge is 0.129 e. The average Bonchev–Trinajstić information content (AvgIpc) is 2.53. The van der Waals surface area contributed by atoms with Crippen LogP contribution in [0.5, 0.6) is 5.75 Å². The number of hydrogen-bond donors (Lipinski definition) is 2. The molecule has 21 heavy (non-hydrogen) atoms. The lowest BCUT2D eigenvalue weighted by Crippen LogP contribution is -2.47. The lowest BCUT2D eigenvalue weighted by atomic mass is 9.85. The van der Waals surface area contributed by atoms with Gasteiger partial charge in [-0.3, -0.25) is 4.90 Å². The maximum Gasteiger partial charge on any atom is 0.129 e. The Morgan fingerprint density at radius 3 is 2.62 bits per heavy atom. The van der Waals surface area contributed by atoms with Crippen molar-refractivity contribution >= 4 is 15.9 Å². The van der Waals surface area contributed by atoms with Gasteiger partial charge in [-0.15, -0.1) is 0 Å². The number of rotatable bonds is 3. The standard InChI is InChI=1S/C16H23BrN2O2/c17-14-11-13(1-2-15(14)20)16(12-3-9-21-10-4-12)19-7-5-18-6-8-19/h1-2,11-12,16,18,20H,3-10H2/t16-/m1/s1. The summed E-state index contributed by atoms with van der Waals surface area (Å²) in [5, 5.41) is 13.2. The zero-order valence-electron chi connectivity index (χ0n) is 12.2. The van der Waals surface area contributed by atoms with Crippen molar-refractivity contribution < 1.29 is 9.84 Å². The van der Waals surface area contributed by atoms with Gasteiger partial charge >= 0.3 is 0 Å². The largest absolute Gasteiger partial charge is 0.507 e. The summed E-state index contributed by atoms with van der Waals surface area (Å²) in [6.07, 6.45) is 2.24. The van der Waals surface area contributed by atoms with Crippen LogP contribution in [-0.2, 0) is 4.74 Å². The highest BCUT2D eigenvalue weighted by Gasteiger charge is 2.31. The topological polar surface area (TPSA) is 44.7 Å². The van der Waals surface area contributed by atoms with Crippen molar-refractivity contribution in [3.63, 3.8) is 0 Å². The average molecular weight is 355 g/mol. The zero-order valence-corrected chi connectivity index (χ0v) is 13.8. The minimum absolute atomic E-state index is 0.310. The van der Waals surface area contributed by atoms with Crippen LogP contribution in [0.4, 0.5) is 0 Å². The summed E-state index contributed by atoms with van der Waals surface area (Å²) in [5.41, 5.74) is 1.30. The number of benzene rings is 1. The van der Waals surface area contributed by atoms with Gasteiger partial charge in [-0.05, 0) is 52.4 Å². The molecule has 1 atom stereocenters. The zero-order chi connectivity index (χ0) is 14.7. The molecule has 3 rings (SSSR count). The van der Waals surface area contributed by atoms with E-state index in [-0.39, 0.29) is 0 Å². The number of nitrogens with one attached hydrogen (secondary N) is 1. The van der Waals surface area contributed by atoms with Crippen molar-refractivity contribution in [2.75, 3.05) is 39.4 Å². The van der Waals surface area contributed by atoms with Gasteiger partial charge in [0.25, 0.3) is 0 Å². The summed E-state index contributed by atoms with van der Waals surface area (Å²) in [7, 11) is 0. The molecule has 0 saturated carbocycles. The van der Waals surface area contributed by atoms with Crippen LogP contribution in [0.25, 0.3) is 0 Å². The number of phenols is 1. The first-order chi connectivity index (χ1) is 10.3. The Balaban J connectivity index is 1.87. The summed E-state index contributed by atoms with van der Waals surface area (Å²) in [4.78, 5) is 2.59. The van der Waals surface area contributed by atoms with Crippen molar-refractivity contribution in [2.24, 2.45) is 5.92 Å². The van der Waals surface area contributed by atoms with E-state index >= 15 is 0 Å². The van der Waals surface area contributed by atoms with Gasteiger partial charge in [0, 0.05) is 45.4 Å². The van der Waals surface area contributed by atoms with Gasteiger partial charge in [-0.2, -0.15) is 0 Å². The Labute approximate surface area is 134 Å². The monoisotopic (exact) mass is 354 g/mol. The summed E-state index contributed by atoms with van der Waals surface area (Å²) in [6, 6.07) is 6.38. The highest BCUT2D eigenvalue weighted by atomic mass is 79.9. The molecule has 2 saturated heterocycles. The molecule has 0 unspecified atom stereocenters.